The molecular formula is C21H18ClF6N3O3. The zero-order valence-corrected chi connectivity index (χ0v) is 18.1. The molecular weight excluding hydrogens is 492 g/mol. The molecule has 0 spiro atoms. The molecule has 1 heterocycles. The lowest BCUT2D eigenvalue weighted by Crippen LogP contribution is -2.45. The molecule has 2 aromatic carbocycles. The summed E-state index contributed by atoms with van der Waals surface area (Å²) < 4.78 is 82.5. The first-order chi connectivity index (χ1) is 15.9. The van der Waals surface area contributed by atoms with E-state index in [1.165, 1.54) is 41.3 Å². The van der Waals surface area contributed by atoms with Gasteiger partial charge in [0.2, 0.25) is 0 Å². The van der Waals surface area contributed by atoms with E-state index in [0.29, 0.717) is 19.3 Å². The van der Waals surface area contributed by atoms with Crippen LogP contribution in [0.15, 0.2) is 52.7 Å². The third-order valence-corrected chi connectivity index (χ3v) is 5.13. The van der Waals surface area contributed by atoms with Gasteiger partial charge >= 0.3 is 12.7 Å². The molecule has 1 atom stereocenters. The lowest BCUT2D eigenvalue weighted by Gasteiger charge is -2.32. The van der Waals surface area contributed by atoms with Gasteiger partial charge in [0, 0.05) is 17.7 Å². The Hall–Kier alpha value is -2.86. The number of ether oxygens (including phenoxy) is 2. The molecule has 0 bridgehead atoms. The molecule has 1 amide bonds. The first-order valence-electron chi connectivity index (χ1n) is 9.99. The number of likely N-dealkylation sites (tertiary alicyclic amines) is 1. The van der Waals surface area contributed by atoms with Crippen LogP contribution >= 0.6 is 11.6 Å². The van der Waals surface area contributed by atoms with Gasteiger partial charge in [-0.1, -0.05) is 35.9 Å². The molecule has 0 aromatic heterocycles. The second-order valence-corrected chi connectivity index (χ2v) is 7.63. The Bertz CT molecular complexity index is 1050. The third-order valence-electron chi connectivity index (χ3n) is 4.81. The number of amides is 1. The van der Waals surface area contributed by atoms with E-state index in [-0.39, 0.29) is 28.4 Å². The van der Waals surface area contributed by atoms with Crippen molar-refractivity contribution >= 4 is 23.2 Å². The number of azo groups is 1. The van der Waals surface area contributed by atoms with E-state index < -0.39 is 37.2 Å². The highest BCUT2D eigenvalue weighted by atomic mass is 35.5. The molecule has 0 saturated carbocycles. The van der Waals surface area contributed by atoms with Crippen LogP contribution in [0.4, 0.5) is 32.0 Å². The van der Waals surface area contributed by atoms with Crippen LogP contribution in [-0.4, -0.2) is 42.8 Å². The minimum Gasteiger partial charge on any atom is -0.405 e. The van der Waals surface area contributed by atoms with Crippen LogP contribution in [0.2, 0.25) is 5.02 Å². The second-order valence-electron chi connectivity index (χ2n) is 7.22. The van der Waals surface area contributed by atoms with E-state index in [0.717, 1.165) is 6.07 Å². The Morgan fingerprint density at radius 1 is 1.03 bits per heavy atom. The van der Waals surface area contributed by atoms with Crippen LogP contribution in [0.3, 0.4) is 0 Å². The summed E-state index contributed by atoms with van der Waals surface area (Å²) in [5, 5.41) is 8.17. The Morgan fingerprint density at radius 3 is 2.44 bits per heavy atom. The first-order valence-corrected chi connectivity index (χ1v) is 10.4. The average Bonchev–Trinajstić information content (AvgIpc) is 2.75. The molecule has 34 heavy (non-hydrogen) atoms. The summed E-state index contributed by atoms with van der Waals surface area (Å²) in [6.45, 7) is -0.950. The summed E-state index contributed by atoms with van der Waals surface area (Å²) in [6, 6.07) is 9.75. The Labute approximate surface area is 195 Å². The normalized spacial score (nSPS) is 17.3. The molecule has 1 fully saturated rings. The van der Waals surface area contributed by atoms with Crippen molar-refractivity contribution in [2.24, 2.45) is 10.2 Å². The number of rotatable bonds is 6. The van der Waals surface area contributed by atoms with Gasteiger partial charge in [-0.2, -0.15) is 10.2 Å². The van der Waals surface area contributed by atoms with E-state index in [9.17, 15) is 31.1 Å². The number of piperidine rings is 1. The number of alkyl halides is 6. The number of carbonyl (C=O) groups is 1. The van der Waals surface area contributed by atoms with Crippen molar-refractivity contribution in [3.63, 3.8) is 0 Å². The van der Waals surface area contributed by atoms with Crippen LogP contribution in [0.5, 0.6) is 5.75 Å². The standard InChI is InChI=1S/C21H18ClF6N3O3/c22-16-11-13(8-9-14(16)15-5-1-2-6-17(15)34-21(26,27)28)29-30-18-7-3-4-10-31(18)19(32)12-33-20(23,24)25/h1-2,5-6,8-9,11,18H,3-4,7,10,12H2/b30-29+. The van der Waals surface area contributed by atoms with Crippen LogP contribution in [0.25, 0.3) is 11.1 Å². The lowest BCUT2D eigenvalue weighted by atomic mass is 10.0. The molecule has 1 aliphatic rings. The van der Waals surface area contributed by atoms with Crippen molar-refractivity contribution in [2.45, 2.75) is 38.2 Å². The maximum Gasteiger partial charge on any atom is 0.573 e. The van der Waals surface area contributed by atoms with Crippen molar-refractivity contribution in [1.82, 2.24) is 4.90 Å². The van der Waals surface area contributed by atoms with Crippen molar-refractivity contribution in [1.29, 1.82) is 0 Å². The van der Waals surface area contributed by atoms with Gasteiger partial charge in [0.1, 0.15) is 18.5 Å². The van der Waals surface area contributed by atoms with E-state index in [1.54, 1.807) is 0 Å². The first kappa shape index (κ1) is 25.8. The summed E-state index contributed by atoms with van der Waals surface area (Å²) in [5.41, 5.74) is 0.619. The maximum absolute atomic E-state index is 12.7. The quantitative estimate of drug-likeness (QED) is 0.315. The molecule has 2 aromatic rings. The molecule has 1 aliphatic heterocycles. The number of nitrogens with zero attached hydrogens (tertiary/aromatic N) is 3. The molecule has 0 N–H and O–H groups in total. The highest BCUT2D eigenvalue weighted by molar-refractivity contribution is 6.33. The lowest BCUT2D eigenvalue weighted by molar-refractivity contribution is -0.322. The predicted molar refractivity (Wildman–Crippen MR) is 109 cm³/mol. The van der Waals surface area contributed by atoms with Gasteiger partial charge in [0.05, 0.1) is 10.7 Å². The van der Waals surface area contributed by atoms with Gasteiger partial charge < -0.3 is 9.64 Å². The van der Waals surface area contributed by atoms with Gasteiger partial charge in [-0.05, 0) is 37.5 Å². The number of carbonyl (C=O) groups excluding carboxylic acids is 1. The van der Waals surface area contributed by atoms with Crippen LogP contribution in [0, 0.1) is 0 Å². The predicted octanol–water partition coefficient (Wildman–Crippen LogP) is 6.86. The Morgan fingerprint density at radius 2 is 1.76 bits per heavy atom. The number of benzene rings is 2. The molecule has 1 saturated heterocycles. The minimum atomic E-state index is -4.93. The van der Waals surface area contributed by atoms with Gasteiger partial charge in [0.15, 0.2) is 0 Å². The summed E-state index contributed by atoms with van der Waals surface area (Å²) in [4.78, 5) is 13.3. The second kappa shape index (κ2) is 10.6. The Balaban J connectivity index is 1.76. The van der Waals surface area contributed by atoms with Crippen LogP contribution in [-0.2, 0) is 9.53 Å². The monoisotopic (exact) mass is 509 g/mol. The number of hydrogen-bond donors (Lipinski definition) is 0. The van der Waals surface area contributed by atoms with Crippen molar-refractivity contribution in [2.75, 3.05) is 13.2 Å². The average molecular weight is 510 g/mol. The summed E-state index contributed by atoms with van der Waals surface area (Å²) in [7, 11) is 0. The van der Waals surface area contributed by atoms with E-state index in [4.69, 9.17) is 11.6 Å². The third kappa shape index (κ3) is 7.32. The number of halogens is 7. The molecule has 1 unspecified atom stereocenters. The summed E-state index contributed by atoms with van der Waals surface area (Å²) in [5.74, 6) is -1.29. The van der Waals surface area contributed by atoms with Crippen molar-refractivity contribution in [3.8, 4) is 16.9 Å². The summed E-state index contributed by atoms with van der Waals surface area (Å²) in [6.07, 6.45) is -8.89. The van der Waals surface area contributed by atoms with Gasteiger partial charge in [-0.25, -0.2) is 0 Å². The van der Waals surface area contributed by atoms with Crippen molar-refractivity contribution < 1.29 is 40.6 Å². The zero-order valence-electron chi connectivity index (χ0n) is 17.4. The fourth-order valence-electron chi connectivity index (χ4n) is 3.37. The number of para-hydroxylation sites is 1. The molecule has 13 heteroatoms. The van der Waals surface area contributed by atoms with Gasteiger partial charge in [0.25, 0.3) is 5.91 Å². The zero-order chi connectivity index (χ0) is 24.9. The Kier molecular flexibility index (Phi) is 8.03. The smallest absolute Gasteiger partial charge is 0.405 e. The fraction of sp³-hybridized carbons (Fsp3) is 0.381. The summed E-state index contributed by atoms with van der Waals surface area (Å²) >= 11 is 6.27. The molecule has 0 radical (unpaired) electrons. The molecule has 3 rings (SSSR count). The van der Waals surface area contributed by atoms with Gasteiger partial charge in [-0.3, -0.25) is 9.53 Å². The SMILES string of the molecule is O=C(COC(F)(F)F)N1CCCCC1/N=N/c1ccc(-c2ccccc2OC(F)(F)F)c(Cl)c1. The molecule has 6 nitrogen and oxygen atoms in total. The highest BCUT2D eigenvalue weighted by Gasteiger charge is 2.34. The van der Waals surface area contributed by atoms with E-state index in [2.05, 4.69) is 19.7 Å². The fourth-order valence-corrected chi connectivity index (χ4v) is 3.65. The highest BCUT2D eigenvalue weighted by Crippen LogP contribution is 2.38. The van der Waals surface area contributed by atoms with E-state index >= 15 is 0 Å². The van der Waals surface area contributed by atoms with Crippen molar-refractivity contribution in [3.05, 3.63) is 47.5 Å². The topological polar surface area (TPSA) is 63.5 Å². The van der Waals surface area contributed by atoms with E-state index in [1.807, 2.05) is 0 Å². The molecule has 184 valence electrons. The van der Waals surface area contributed by atoms with Crippen LogP contribution < -0.4 is 4.74 Å². The van der Waals surface area contributed by atoms with Crippen LogP contribution in [0.1, 0.15) is 19.3 Å². The minimum absolute atomic E-state index is 0.0739. The maximum atomic E-state index is 12.7. The largest absolute Gasteiger partial charge is 0.573 e. The van der Waals surface area contributed by atoms with Gasteiger partial charge in [-0.15, -0.1) is 26.3 Å². The number of hydrogen-bond acceptors (Lipinski definition) is 5. The molecule has 0 aliphatic carbocycles.